The Balaban J connectivity index is 0.000000177. The van der Waals surface area contributed by atoms with Gasteiger partial charge in [0.1, 0.15) is 0 Å². The first-order valence-corrected chi connectivity index (χ1v) is 16.2. The molecule has 2 aromatic rings. The lowest BCUT2D eigenvalue weighted by atomic mass is 10.2. The summed E-state index contributed by atoms with van der Waals surface area (Å²) in [5, 5.41) is 3.15. The van der Waals surface area contributed by atoms with Crippen molar-refractivity contribution in [1.29, 1.82) is 0 Å². The molecule has 2 atom stereocenters. The molecule has 2 unspecified atom stereocenters. The molecule has 244 valence electrons. The summed E-state index contributed by atoms with van der Waals surface area (Å²) in [5.41, 5.74) is 1.99. The van der Waals surface area contributed by atoms with Crippen molar-refractivity contribution in [2.24, 2.45) is 11.8 Å². The van der Waals surface area contributed by atoms with E-state index in [9.17, 15) is 19.2 Å². The molecule has 0 radical (unpaired) electrons. The van der Waals surface area contributed by atoms with Crippen LogP contribution in [0.3, 0.4) is 0 Å². The van der Waals surface area contributed by atoms with E-state index in [-0.39, 0.29) is 47.0 Å². The molecule has 6 rings (SSSR count). The minimum Gasteiger partial charge on any atom is -0.382 e. The van der Waals surface area contributed by atoms with Gasteiger partial charge >= 0.3 is 0 Å². The lowest BCUT2D eigenvalue weighted by molar-refractivity contribution is -0.136. The molecule has 0 bridgehead atoms. The van der Waals surface area contributed by atoms with Gasteiger partial charge < -0.3 is 29.5 Å². The molecule has 11 heteroatoms. The quantitative estimate of drug-likeness (QED) is 0.431. The predicted molar refractivity (Wildman–Crippen MR) is 174 cm³/mol. The zero-order valence-corrected chi connectivity index (χ0v) is 27.0. The molecule has 4 fully saturated rings. The fourth-order valence-electron chi connectivity index (χ4n) is 5.03. The topological polar surface area (TPSA) is 108 Å². The number of rotatable bonds is 8. The number of para-hydroxylation sites is 2. The maximum absolute atomic E-state index is 12.6. The van der Waals surface area contributed by atoms with Crippen molar-refractivity contribution in [3.8, 4) is 0 Å². The average molecular weight is 641 g/mol. The maximum Gasteiger partial charge on any atom is 0.230 e. The smallest absolute Gasteiger partial charge is 0.230 e. The molecule has 2 aliphatic heterocycles. The van der Waals surface area contributed by atoms with Crippen LogP contribution in [-0.2, 0) is 28.7 Å². The normalized spacial score (nSPS) is 20.9. The summed E-state index contributed by atoms with van der Waals surface area (Å²) < 4.78 is 11.4. The number of morpholine rings is 2. The monoisotopic (exact) mass is 640 g/mol. The van der Waals surface area contributed by atoms with Gasteiger partial charge in [-0.15, -0.1) is 0 Å². The minimum atomic E-state index is -0.157. The van der Waals surface area contributed by atoms with Gasteiger partial charge in [0.05, 0.1) is 32.0 Å². The second kappa shape index (κ2) is 17.3. The Morgan fingerprint density at radius 2 is 1.29 bits per heavy atom. The Bertz CT molecular complexity index is 1260. The molecule has 2 saturated carbocycles. The van der Waals surface area contributed by atoms with Crippen LogP contribution < -0.4 is 10.2 Å². The summed E-state index contributed by atoms with van der Waals surface area (Å²) in [6.45, 7) is 8.14. The molecule has 45 heavy (non-hydrogen) atoms. The zero-order chi connectivity index (χ0) is 32.2. The Labute approximate surface area is 271 Å². The molecule has 1 N–H and O–H groups in total. The van der Waals surface area contributed by atoms with Crippen LogP contribution in [0.2, 0.25) is 0 Å². The van der Waals surface area contributed by atoms with Gasteiger partial charge in [-0.2, -0.15) is 0 Å². The Hall–Kier alpha value is -3.47. The van der Waals surface area contributed by atoms with Crippen molar-refractivity contribution < 1.29 is 28.7 Å². The fraction of sp³-hybridized carbons (Fsp3) is 0.529. The summed E-state index contributed by atoms with van der Waals surface area (Å²) in [5.74, 6) is 0.750. The molecule has 0 aromatic heterocycles. The van der Waals surface area contributed by atoms with E-state index in [1.807, 2.05) is 70.5 Å². The second-order valence-electron chi connectivity index (χ2n) is 11.8. The number of ether oxygens (including phenoxy) is 2. The molecule has 3 amide bonds. The zero-order valence-electron chi connectivity index (χ0n) is 26.2. The van der Waals surface area contributed by atoms with E-state index >= 15 is 0 Å². The highest BCUT2D eigenvalue weighted by Gasteiger charge is 2.36. The highest BCUT2D eigenvalue weighted by molar-refractivity contribution is 6.64. The Morgan fingerprint density at radius 1 is 0.778 bits per heavy atom. The van der Waals surface area contributed by atoms with Gasteiger partial charge in [-0.3, -0.25) is 19.2 Å². The molecular formula is C34H45ClN4O6. The first-order chi connectivity index (χ1) is 21.7. The van der Waals surface area contributed by atoms with Crippen LogP contribution in [0.4, 0.5) is 11.4 Å². The molecule has 2 aliphatic carbocycles. The highest BCUT2D eigenvalue weighted by atomic mass is 35.5. The minimum absolute atomic E-state index is 0.0630. The van der Waals surface area contributed by atoms with E-state index in [2.05, 4.69) is 5.32 Å². The van der Waals surface area contributed by atoms with Gasteiger partial charge in [-0.1, -0.05) is 36.4 Å². The molecule has 10 nitrogen and oxygen atoms in total. The second-order valence-corrected chi connectivity index (χ2v) is 12.2. The lowest BCUT2D eigenvalue weighted by Gasteiger charge is -2.35. The lowest BCUT2D eigenvalue weighted by Crippen LogP contribution is -2.50. The summed E-state index contributed by atoms with van der Waals surface area (Å²) in [6.07, 6.45) is 3.94. The molecule has 0 spiro atoms. The van der Waals surface area contributed by atoms with E-state index in [4.69, 9.17) is 21.1 Å². The number of amides is 3. The molecular weight excluding hydrogens is 596 g/mol. The van der Waals surface area contributed by atoms with Gasteiger partial charge in [0.25, 0.3) is 0 Å². The third kappa shape index (κ3) is 11.8. The maximum atomic E-state index is 12.6. The van der Waals surface area contributed by atoms with Crippen molar-refractivity contribution in [2.75, 3.05) is 62.7 Å². The van der Waals surface area contributed by atoms with Crippen LogP contribution >= 0.6 is 11.6 Å². The van der Waals surface area contributed by atoms with E-state index < -0.39 is 0 Å². The van der Waals surface area contributed by atoms with Crippen LogP contribution in [0.1, 0.15) is 39.5 Å². The first kappa shape index (κ1) is 34.4. The Kier molecular flexibility index (Phi) is 13.2. The summed E-state index contributed by atoms with van der Waals surface area (Å²) in [4.78, 5) is 50.8. The van der Waals surface area contributed by atoms with Crippen LogP contribution in [0.25, 0.3) is 0 Å². The van der Waals surface area contributed by atoms with Crippen LogP contribution in [0.15, 0.2) is 60.7 Å². The van der Waals surface area contributed by atoms with Gasteiger partial charge in [0.15, 0.2) is 0 Å². The summed E-state index contributed by atoms with van der Waals surface area (Å²) >= 11 is 5.04. The number of carbonyl (C=O) groups excluding carboxylic acids is 4. The van der Waals surface area contributed by atoms with E-state index in [1.165, 1.54) is 0 Å². The van der Waals surface area contributed by atoms with Crippen molar-refractivity contribution in [2.45, 2.75) is 51.7 Å². The van der Waals surface area contributed by atoms with Crippen LogP contribution in [0, 0.1) is 11.8 Å². The fourth-order valence-corrected chi connectivity index (χ4v) is 5.25. The molecule has 2 saturated heterocycles. The Morgan fingerprint density at radius 3 is 1.78 bits per heavy atom. The van der Waals surface area contributed by atoms with Gasteiger partial charge in [0.2, 0.25) is 23.0 Å². The predicted octanol–water partition coefficient (Wildman–Crippen LogP) is 4.18. The number of benzene rings is 2. The molecule has 2 heterocycles. The van der Waals surface area contributed by atoms with Gasteiger partial charge in [-0.25, -0.2) is 0 Å². The standard InChI is InChI=1S/C17H22N2O3.C13H18N2O2.C4H5ClO/c1-13(20)18-9-10-22-16(11-18)12-19(17(21)14-7-8-14)15-5-3-2-4-6-15;1-11(16)15-7-8-17-13(10-15)9-14-12-5-3-2-4-6-12;5-4(6)3-1-2-3/h2-6,14,16H,7-12H2,1H3;2-6,13-14H,7-10H2,1H3;3H,1-2H2. The van der Waals surface area contributed by atoms with E-state index in [0.717, 1.165) is 43.6 Å². The highest BCUT2D eigenvalue weighted by Crippen LogP contribution is 2.33. The largest absolute Gasteiger partial charge is 0.382 e. The third-order valence-corrected chi connectivity index (χ3v) is 8.33. The van der Waals surface area contributed by atoms with Gasteiger partial charge in [0, 0.05) is 69.8 Å². The van der Waals surface area contributed by atoms with Gasteiger partial charge in [-0.05, 0) is 61.5 Å². The number of nitrogens with one attached hydrogen (secondary N) is 1. The number of anilines is 2. The summed E-state index contributed by atoms with van der Waals surface area (Å²) in [7, 11) is 0. The number of carbonyl (C=O) groups is 4. The number of nitrogens with zero attached hydrogens (tertiary/aromatic N) is 3. The number of hydrogen-bond donors (Lipinski definition) is 1. The molecule has 2 aromatic carbocycles. The van der Waals surface area contributed by atoms with Crippen molar-refractivity contribution in [1.82, 2.24) is 9.80 Å². The van der Waals surface area contributed by atoms with E-state index in [1.54, 1.807) is 18.7 Å². The molecule has 4 aliphatic rings. The number of halogens is 1. The number of hydrogen-bond acceptors (Lipinski definition) is 7. The van der Waals surface area contributed by atoms with Crippen LogP contribution in [-0.4, -0.2) is 97.5 Å². The first-order valence-electron chi connectivity index (χ1n) is 15.8. The average Bonchev–Trinajstić information content (AvgIpc) is 3.98. The van der Waals surface area contributed by atoms with Crippen LogP contribution in [0.5, 0.6) is 0 Å². The third-order valence-electron chi connectivity index (χ3n) is 8.02. The van der Waals surface area contributed by atoms with Crippen molar-refractivity contribution >= 4 is 45.9 Å². The van der Waals surface area contributed by atoms with E-state index in [0.29, 0.717) is 45.9 Å². The summed E-state index contributed by atoms with van der Waals surface area (Å²) in [6, 6.07) is 19.7. The van der Waals surface area contributed by atoms with Crippen molar-refractivity contribution in [3.05, 3.63) is 60.7 Å². The SMILES string of the molecule is CC(=O)N1CCOC(CN(C(=O)C2CC2)c2ccccc2)C1.CC(=O)N1CCOC(CNc2ccccc2)C1.O=C(Cl)C1CC1. The van der Waals surface area contributed by atoms with Crippen molar-refractivity contribution in [3.63, 3.8) is 0 Å².